The maximum absolute atomic E-state index is 11.6. The Morgan fingerprint density at radius 2 is 2.12 bits per heavy atom. The monoisotopic (exact) mass is 233 g/mol. The number of piperidine rings is 1. The first-order valence-corrected chi connectivity index (χ1v) is 5.96. The van der Waals surface area contributed by atoms with E-state index in [9.17, 15) is 4.79 Å². The van der Waals surface area contributed by atoms with Gasteiger partial charge in [-0.1, -0.05) is 6.07 Å². The van der Waals surface area contributed by atoms with Crippen LogP contribution in [0.1, 0.15) is 26.7 Å². The highest BCUT2D eigenvalue weighted by atomic mass is 16.5. The molecule has 3 heteroatoms. The van der Waals surface area contributed by atoms with Crippen LogP contribution in [0.15, 0.2) is 24.3 Å². The summed E-state index contributed by atoms with van der Waals surface area (Å²) in [5.74, 6) is 1.14. The maximum Gasteiger partial charge on any atom is 0.152 e. The maximum atomic E-state index is 11.6. The molecule has 1 aliphatic heterocycles. The van der Waals surface area contributed by atoms with Gasteiger partial charge in [0.05, 0.1) is 13.7 Å². The predicted octanol–water partition coefficient (Wildman–Crippen LogP) is 2.64. The topological polar surface area (TPSA) is 29.5 Å². The molecular weight excluding hydrogens is 214 g/mol. The third-order valence-corrected chi connectivity index (χ3v) is 3.45. The van der Waals surface area contributed by atoms with Crippen LogP contribution in [0.3, 0.4) is 0 Å². The van der Waals surface area contributed by atoms with Crippen molar-refractivity contribution < 1.29 is 9.53 Å². The summed E-state index contributed by atoms with van der Waals surface area (Å²) in [4.78, 5) is 13.8. The summed E-state index contributed by atoms with van der Waals surface area (Å²) in [6.45, 7) is 4.86. The third kappa shape index (κ3) is 2.43. The van der Waals surface area contributed by atoms with Gasteiger partial charge in [0.2, 0.25) is 0 Å². The number of nitrogens with zero attached hydrogens (tertiary/aromatic N) is 1. The van der Waals surface area contributed by atoms with Crippen molar-refractivity contribution in [2.45, 2.75) is 32.2 Å². The fourth-order valence-electron chi connectivity index (χ4n) is 2.27. The molecule has 3 nitrogen and oxygen atoms in total. The van der Waals surface area contributed by atoms with Gasteiger partial charge in [-0.3, -0.25) is 4.79 Å². The fourth-order valence-corrected chi connectivity index (χ4v) is 2.27. The summed E-state index contributed by atoms with van der Waals surface area (Å²) in [6.07, 6.45) is 1.59. The molecule has 1 saturated heterocycles. The molecular formula is C14H19NO2. The number of anilines is 1. The Bertz CT molecular complexity index is 426. The first-order valence-electron chi connectivity index (χ1n) is 5.96. The lowest BCUT2D eigenvalue weighted by Crippen LogP contribution is -2.50. The summed E-state index contributed by atoms with van der Waals surface area (Å²) in [5, 5.41) is 0. The first kappa shape index (κ1) is 12.0. The highest BCUT2D eigenvalue weighted by Crippen LogP contribution is 2.32. The lowest BCUT2D eigenvalue weighted by molar-refractivity contribution is -0.119. The highest BCUT2D eigenvalue weighted by Gasteiger charge is 2.33. The molecule has 0 aromatic heterocycles. The van der Waals surface area contributed by atoms with Crippen molar-refractivity contribution in [2.75, 3.05) is 18.6 Å². The van der Waals surface area contributed by atoms with E-state index in [2.05, 4.69) is 18.7 Å². The normalized spacial score (nSPS) is 19.2. The second-order valence-electron chi connectivity index (χ2n) is 5.14. The van der Waals surface area contributed by atoms with E-state index in [4.69, 9.17) is 4.74 Å². The standard InChI is InChI=1S/C14H19NO2/c1-14(2)8-7-12(16)10-15(14)11-5-4-6-13(9-11)17-3/h4-6,9H,7-8,10H2,1-3H3. The lowest BCUT2D eigenvalue weighted by Gasteiger charge is -2.43. The van der Waals surface area contributed by atoms with Crippen LogP contribution in [0.2, 0.25) is 0 Å². The smallest absolute Gasteiger partial charge is 0.152 e. The number of methoxy groups -OCH3 is 1. The van der Waals surface area contributed by atoms with Crippen molar-refractivity contribution in [1.29, 1.82) is 0 Å². The summed E-state index contributed by atoms with van der Waals surface area (Å²) in [6, 6.07) is 7.90. The van der Waals surface area contributed by atoms with Gasteiger partial charge in [0.25, 0.3) is 0 Å². The molecule has 1 heterocycles. The molecule has 0 radical (unpaired) electrons. The highest BCUT2D eigenvalue weighted by molar-refractivity contribution is 5.85. The van der Waals surface area contributed by atoms with Gasteiger partial charge in [0, 0.05) is 23.7 Å². The molecule has 0 saturated carbocycles. The molecule has 0 spiro atoms. The number of benzene rings is 1. The van der Waals surface area contributed by atoms with E-state index in [1.807, 2.05) is 24.3 Å². The molecule has 0 aliphatic carbocycles. The number of carbonyl (C=O) groups excluding carboxylic acids is 1. The number of rotatable bonds is 2. The van der Waals surface area contributed by atoms with Crippen LogP contribution in [-0.2, 0) is 4.79 Å². The average molecular weight is 233 g/mol. The van der Waals surface area contributed by atoms with Crippen molar-refractivity contribution in [2.24, 2.45) is 0 Å². The SMILES string of the molecule is COc1cccc(N2CC(=O)CCC2(C)C)c1. The van der Waals surface area contributed by atoms with E-state index in [0.29, 0.717) is 18.7 Å². The zero-order chi connectivity index (χ0) is 12.5. The molecule has 1 aromatic rings. The van der Waals surface area contributed by atoms with Crippen molar-refractivity contribution in [1.82, 2.24) is 0 Å². The van der Waals surface area contributed by atoms with Crippen LogP contribution in [0.5, 0.6) is 5.75 Å². The van der Waals surface area contributed by atoms with Gasteiger partial charge < -0.3 is 9.64 Å². The average Bonchev–Trinajstić information content (AvgIpc) is 2.32. The summed E-state index contributed by atoms with van der Waals surface area (Å²) in [7, 11) is 1.66. The largest absolute Gasteiger partial charge is 0.497 e. The van der Waals surface area contributed by atoms with Crippen LogP contribution < -0.4 is 9.64 Å². The predicted molar refractivity (Wildman–Crippen MR) is 68.7 cm³/mol. The van der Waals surface area contributed by atoms with Crippen LogP contribution in [0, 0.1) is 0 Å². The summed E-state index contributed by atoms with van der Waals surface area (Å²) in [5.41, 5.74) is 1.09. The van der Waals surface area contributed by atoms with Crippen molar-refractivity contribution in [3.63, 3.8) is 0 Å². The zero-order valence-corrected chi connectivity index (χ0v) is 10.7. The number of Topliss-reactive ketones (excluding diaryl/α,β-unsaturated/α-hetero) is 1. The van der Waals surface area contributed by atoms with Gasteiger partial charge in [-0.15, -0.1) is 0 Å². The van der Waals surface area contributed by atoms with Crippen LogP contribution in [0.25, 0.3) is 0 Å². The van der Waals surface area contributed by atoms with Gasteiger partial charge in [-0.05, 0) is 32.4 Å². The van der Waals surface area contributed by atoms with Gasteiger partial charge in [0.15, 0.2) is 5.78 Å². The van der Waals surface area contributed by atoms with Crippen LogP contribution in [-0.4, -0.2) is 25.0 Å². The second-order valence-corrected chi connectivity index (χ2v) is 5.14. The number of ketones is 1. The van der Waals surface area contributed by atoms with Gasteiger partial charge in [0.1, 0.15) is 5.75 Å². The van der Waals surface area contributed by atoms with E-state index in [0.717, 1.165) is 17.9 Å². The quantitative estimate of drug-likeness (QED) is 0.786. The van der Waals surface area contributed by atoms with Crippen molar-refractivity contribution >= 4 is 11.5 Å². The van der Waals surface area contributed by atoms with Crippen LogP contribution >= 0.6 is 0 Å². The Kier molecular flexibility index (Phi) is 3.09. The number of ether oxygens (including phenoxy) is 1. The Hall–Kier alpha value is -1.51. The van der Waals surface area contributed by atoms with E-state index in [1.165, 1.54) is 0 Å². The van der Waals surface area contributed by atoms with E-state index in [-0.39, 0.29) is 5.54 Å². The molecule has 1 aromatic carbocycles. The van der Waals surface area contributed by atoms with Crippen LogP contribution in [0.4, 0.5) is 5.69 Å². The third-order valence-electron chi connectivity index (χ3n) is 3.45. The molecule has 1 fully saturated rings. The zero-order valence-electron chi connectivity index (χ0n) is 10.7. The number of carbonyl (C=O) groups is 1. The van der Waals surface area contributed by atoms with E-state index in [1.54, 1.807) is 7.11 Å². The fraction of sp³-hybridized carbons (Fsp3) is 0.500. The Balaban J connectivity index is 2.32. The summed E-state index contributed by atoms with van der Waals surface area (Å²) < 4.78 is 5.23. The minimum absolute atomic E-state index is 0.0281. The molecule has 17 heavy (non-hydrogen) atoms. The lowest BCUT2D eigenvalue weighted by atomic mass is 9.89. The molecule has 0 bridgehead atoms. The van der Waals surface area contributed by atoms with E-state index < -0.39 is 0 Å². The Labute approximate surface area is 102 Å². The van der Waals surface area contributed by atoms with Gasteiger partial charge in [-0.25, -0.2) is 0 Å². The van der Waals surface area contributed by atoms with Gasteiger partial charge >= 0.3 is 0 Å². The molecule has 0 unspecified atom stereocenters. The molecule has 1 aliphatic rings. The van der Waals surface area contributed by atoms with E-state index >= 15 is 0 Å². The van der Waals surface area contributed by atoms with Gasteiger partial charge in [-0.2, -0.15) is 0 Å². The van der Waals surface area contributed by atoms with Crippen molar-refractivity contribution in [3.8, 4) is 5.75 Å². The molecule has 0 N–H and O–H groups in total. The molecule has 0 atom stereocenters. The molecule has 0 amide bonds. The Morgan fingerprint density at radius 1 is 1.35 bits per heavy atom. The Morgan fingerprint density at radius 3 is 2.82 bits per heavy atom. The minimum Gasteiger partial charge on any atom is -0.497 e. The number of hydrogen-bond acceptors (Lipinski definition) is 3. The summed E-state index contributed by atoms with van der Waals surface area (Å²) >= 11 is 0. The molecule has 2 rings (SSSR count). The number of hydrogen-bond donors (Lipinski definition) is 0. The molecule has 92 valence electrons. The van der Waals surface area contributed by atoms with Crippen molar-refractivity contribution in [3.05, 3.63) is 24.3 Å². The first-order chi connectivity index (χ1) is 8.03. The minimum atomic E-state index is 0.0281. The second kappa shape index (κ2) is 4.40.